The summed E-state index contributed by atoms with van der Waals surface area (Å²) in [5.41, 5.74) is 0. The van der Waals surface area contributed by atoms with Crippen LogP contribution in [0.15, 0.2) is 11.2 Å². The summed E-state index contributed by atoms with van der Waals surface area (Å²) in [6.07, 6.45) is 3.05. The molecule has 7 heteroatoms. The molecule has 0 saturated heterocycles. The van der Waals surface area contributed by atoms with Crippen molar-refractivity contribution < 1.29 is 4.74 Å². The maximum Gasteiger partial charge on any atom is 0.191 e. The van der Waals surface area contributed by atoms with Gasteiger partial charge >= 0.3 is 0 Å². The van der Waals surface area contributed by atoms with Crippen LogP contribution in [0.3, 0.4) is 0 Å². The Balaban J connectivity index is 2.39. The molecule has 0 amide bonds. The van der Waals surface area contributed by atoms with Crippen molar-refractivity contribution in [1.29, 1.82) is 0 Å². The fourth-order valence-electron chi connectivity index (χ4n) is 1.55. The quantitative estimate of drug-likeness (QED) is 0.368. The lowest BCUT2D eigenvalue weighted by atomic mass is 10.4. The summed E-state index contributed by atoms with van der Waals surface area (Å²) >= 11 is 1.54. The summed E-state index contributed by atoms with van der Waals surface area (Å²) in [6, 6.07) is 1.94. The number of rotatable bonds is 11. The molecule has 2 N–H and O–H groups in total. The van der Waals surface area contributed by atoms with Gasteiger partial charge in [-0.15, -0.1) is 0 Å². The summed E-state index contributed by atoms with van der Waals surface area (Å²) in [4.78, 5) is 11.0. The van der Waals surface area contributed by atoms with Gasteiger partial charge in [0.25, 0.3) is 0 Å². The van der Waals surface area contributed by atoms with Gasteiger partial charge < -0.3 is 20.3 Å². The summed E-state index contributed by atoms with van der Waals surface area (Å²) in [7, 11) is 4.08. The second kappa shape index (κ2) is 10.6. The Labute approximate surface area is 132 Å². The van der Waals surface area contributed by atoms with Crippen LogP contribution < -0.4 is 10.6 Å². The van der Waals surface area contributed by atoms with Crippen molar-refractivity contribution in [3.63, 3.8) is 0 Å². The normalized spacial score (nSPS) is 10.9. The molecular weight excluding hydrogens is 286 g/mol. The molecule has 0 aliphatic rings. The number of nitrogens with zero attached hydrogens (tertiary/aromatic N) is 3. The third-order valence-electron chi connectivity index (χ3n) is 2.68. The molecule has 1 aromatic rings. The number of hydrogen-bond acceptors (Lipinski definition) is 7. The van der Waals surface area contributed by atoms with E-state index in [2.05, 4.69) is 32.4 Å². The van der Waals surface area contributed by atoms with Crippen LogP contribution in [0.4, 0.5) is 11.6 Å². The van der Waals surface area contributed by atoms with Crippen molar-refractivity contribution in [2.75, 3.05) is 63.8 Å². The largest absolute Gasteiger partial charge is 0.378 e. The van der Waals surface area contributed by atoms with Gasteiger partial charge in [0, 0.05) is 25.7 Å². The molecule has 1 aromatic heterocycles. The number of likely N-dealkylation sites (N-methyl/N-ethyl adjacent to an activating group) is 1. The maximum absolute atomic E-state index is 5.55. The average molecular weight is 313 g/mol. The van der Waals surface area contributed by atoms with Gasteiger partial charge in [-0.1, -0.05) is 18.7 Å². The Kier molecular flexibility index (Phi) is 9.12. The smallest absolute Gasteiger partial charge is 0.191 e. The van der Waals surface area contributed by atoms with Crippen molar-refractivity contribution in [3.8, 4) is 0 Å². The van der Waals surface area contributed by atoms with E-state index in [-0.39, 0.29) is 0 Å². The molecule has 21 heavy (non-hydrogen) atoms. The number of nitrogens with one attached hydrogen (secondary N) is 2. The molecule has 0 saturated carbocycles. The minimum absolute atomic E-state index is 0.671. The van der Waals surface area contributed by atoms with Gasteiger partial charge in [-0.3, -0.25) is 0 Å². The van der Waals surface area contributed by atoms with Crippen LogP contribution in [0.5, 0.6) is 0 Å². The summed E-state index contributed by atoms with van der Waals surface area (Å²) in [6.45, 7) is 6.15. The van der Waals surface area contributed by atoms with E-state index in [0.717, 1.165) is 49.5 Å². The van der Waals surface area contributed by atoms with E-state index in [1.54, 1.807) is 11.8 Å². The topological polar surface area (TPSA) is 62.3 Å². The number of anilines is 2. The molecule has 0 unspecified atom stereocenters. The van der Waals surface area contributed by atoms with E-state index in [1.165, 1.54) is 0 Å². The molecule has 1 heterocycles. The predicted octanol–water partition coefficient (Wildman–Crippen LogP) is 2.01. The van der Waals surface area contributed by atoms with E-state index in [9.17, 15) is 0 Å². The Hall–Kier alpha value is -1.05. The van der Waals surface area contributed by atoms with Crippen molar-refractivity contribution in [2.45, 2.75) is 18.5 Å². The molecule has 0 atom stereocenters. The highest BCUT2D eigenvalue weighted by Gasteiger charge is 2.03. The fraction of sp³-hybridized carbons (Fsp3) is 0.714. The average Bonchev–Trinajstić information content (AvgIpc) is 2.48. The SMILES string of the molecule is CCCNc1cc(NCCOCCN(C)C)nc(SC)n1. The van der Waals surface area contributed by atoms with Crippen LogP contribution in [0.1, 0.15) is 13.3 Å². The highest BCUT2D eigenvalue weighted by Crippen LogP contribution is 2.17. The number of ether oxygens (including phenoxy) is 1. The first-order chi connectivity index (χ1) is 10.2. The molecule has 6 nitrogen and oxygen atoms in total. The summed E-state index contributed by atoms with van der Waals surface area (Å²) < 4.78 is 5.55. The van der Waals surface area contributed by atoms with Gasteiger partial charge in [-0.25, -0.2) is 9.97 Å². The Morgan fingerprint density at radius 1 is 1.14 bits per heavy atom. The van der Waals surface area contributed by atoms with Gasteiger partial charge in [0.2, 0.25) is 0 Å². The van der Waals surface area contributed by atoms with Crippen LogP contribution in [0, 0.1) is 0 Å². The lowest BCUT2D eigenvalue weighted by Gasteiger charge is -2.12. The first kappa shape index (κ1) is 18.0. The van der Waals surface area contributed by atoms with Gasteiger partial charge in [-0.2, -0.15) is 0 Å². The molecule has 0 aliphatic carbocycles. The highest BCUT2D eigenvalue weighted by atomic mass is 32.2. The standard InChI is InChI=1S/C14H27N5OS/c1-5-6-15-12-11-13(18-14(17-12)21-4)16-7-9-20-10-8-19(2)3/h11H,5-10H2,1-4H3,(H2,15,16,17,18). The van der Waals surface area contributed by atoms with Gasteiger partial charge in [-0.05, 0) is 26.8 Å². The van der Waals surface area contributed by atoms with Crippen molar-refractivity contribution in [3.05, 3.63) is 6.07 Å². The molecule has 0 bridgehead atoms. The Morgan fingerprint density at radius 3 is 2.38 bits per heavy atom. The molecule has 0 fully saturated rings. The van der Waals surface area contributed by atoms with Crippen LogP contribution in [0.2, 0.25) is 0 Å². The third kappa shape index (κ3) is 8.08. The van der Waals surface area contributed by atoms with E-state index < -0.39 is 0 Å². The lowest BCUT2D eigenvalue weighted by molar-refractivity contribution is 0.126. The zero-order valence-electron chi connectivity index (χ0n) is 13.5. The summed E-state index contributed by atoms with van der Waals surface area (Å²) in [5, 5.41) is 7.34. The highest BCUT2D eigenvalue weighted by molar-refractivity contribution is 7.98. The Bertz CT molecular complexity index is 403. The van der Waals surface area contributed by atoms with Crippen LogP contribution in [-0.2, 0) is 4.74 Å². The number of thioether (sulfide) groups is 1. The van der Waals surface area contributed by atoms with Gasteiger partial charge in [0.1, 0.15) is 11.6 Å². The third-order valence-corrected chi connectivity index (χ3v) is 3.23. The van der Waals surface area contributed by atoms with Crippen molar-refractivity contribution in [2.24, 2.45) is 0 Å². The second-order valence-corrected chi connectivity index (χ2v) is 5.67. The van der Waals surface area contributed by atoms with Gasteiger partial charge in [0.05, 0.1) is 13.2 Å². The van der Waals surface area contributed by atoms with E-state index in [1.807, 2.05) is 26.4 Å². The minimum atomic E-state index is 0.671. The molecular formula is C14H27N5OS. The molecule has 0 radical (unpaired) electrons. The van der Waals surface area contributed by atoms with Crippen molar-refractivity contribution >= 4 is 23.4 Å². The van der Waals surface area contributed by atoms with E-state index in [0.29, 0.717) is 6.61 Å². The van der Waals surface area contributed by atoms with Gasteiger partial charge in [0.15, 0.2) is 5.16 Å². The zero-order valence-corrected chi connectivity index (χ0v) is 14.3. The summed E-state index contributed by atoms with van der Waals surface area (Å²) in [5.74, 6) is 1.70. The molecule has 0 aromatic carbocycles. The van der Waals surface area contributed by atoms with E-state index in [4.69, 9.17) is 4.74 Å². The molecule has 1 rings (SSSR count). The second-order valence-electron chi connectivity index (χ2n) is 4.89. The molecule has 0 aliphatic heterocycles. The van der Waals surface area contributed by atoms with Crippen LogP contribution in [0.25, 0.3) is 0 Å². The fourth-order valence-corrected chi connectivity index (χ4v) is 1.93. The van der Waals surface area contributed by atoms with Crippen LogP contribution >= 0.6 is 11.8 Å². The maximum atomic E-state index is 5.55. The first-order valence-electron chi connectivity index (χ1n) is 7.29. The lowest BCUT2D eigenvalue weighted by Crippen LogP contribution is -2.20. The minimum Gasteiger partial charge on any atom is -0.378 e. The monoisotopic (exact) mass is 313 g/mol. The van der Waals surface area contributed by atoms with E-state index >= 15 is 0 Å². The number of aromatic nitrogens is 2. The molecule has 0 spiro atoms. The zero-order chi connectivity index (χ0) is 15.5. The first-order valence-corrected chi connectivity index (χ1v) is 8.51. The van der Waals surface area contributed by atoms with Crippen LogP contribution in [-0.4, -0.2) is 68.1 Å². The predicted molar refractivity (Wildman–Crippen MR) is 90.5 cm³/mol. The molecule has 120 valence electrons. The Morgan fingerprint density at radius 2 is 1.81 bits per heavy atom. The number of hydrogen-bond donors (Lipinski definition) is 2. The van der Waals surface area contributed by atoms with Crippen molar-refractivity contribution in [1.82, 2.24) is 14.9 Å².